The number of hydrogen-bond donors (Lipinski definition) is 2. The molecule has 0 radical (unpaired) electrons. The Balaban J connectivity index is 4.12. The molecule has 0 aliphatic carbocycles. The Labute approximate surface area is 412 Å². The van der Waals surface area contributed by atoms with Crippen LogP contribution in [0.5, 0.6) is 0 Å². The van der Waals surface area contributed by atoms with E-state index in [1.807, 2.05) is 21.1 Å². The number of unbranched alkanes of at least 4 members (excludes halogenated alkanes) is 42. The molecule has 3 unspecified atom stereocenters. The van der Waals surface area contributed by atoms with Crippen molar-refractivity contribution in [1.29, 1.82) is 0 Å². The van der Waals surface area contributed by atoms with E-state index in [4.69, 9.17) is 9.05 Å². The zero-order valence-electron chi connectivity index (χ0n) is 45.2. The topological polar surface area (TPSA) is 108 Å². The van der Waals surface area contributed by atoms with E-state index in [-0.39, 0.29) is 19.1 Å². The number of carbonyl (C=O) groups excluding carboxylic acids is 1. The zero-order valence-corrected chi connectivity index (χ0v) is 46.1. The molecule has 0 aromatic rings. The SMILES string of the molecule is CCCCCCCCCCCCCCCCCCCCCCCCC(=O)NC(COP(=O)([O-])OCC[N+](C)(C)C)C(O)CCCCCCCCCCCCCCCCCCCCCCCC. The first-order chi connectivity index (χ1) is 32.0. The van der Waals surface area contributed by atoms with E-state index in [9.17, 15) is 19.4 Å². The van der Waals surface area contributed by atoms with Crippen molar-refractivity contribution in [2.45, 2.75) is 321 Å². The van der Waals surface area contributed by atoms with E-state index in [1.165, 1.54) is 244 Å². The minimum absolute atomic E-state index is 0.0167. The van der Waals surface area contributed by atoms with Gasteiger partial charge in [0.05, 0.1) is 39.9 Å². The summed E-state index contributed by atoms with van der Waals surface area (Å²) in [6.07, 6.45) is 58.5. The van der Waals surface area contributed by atoms with Crippen LogP contribution < -0.4 is 10.2 Å². The molecule has 0 rings (SSSR count). The molecule has 0 aliphatic heterocycles. The lowest BCUT2D eigenvalue weighted by Gasteiger charge is -2.30. The molecule has 0 heterocycles. The van der Waals surface area contributed by atoms with Crippen LogP contribution in [-0.2, 0) is 18.4 Å². The Hall–Kier alpha value is -0.500. The number of aliphatic hydroxyl groups is 1. The van der Waals surface area contributed by atoms with Crippen LogP contribution in [0.15, 0.2) is 0 Å². The molecule has 3 atom stereocenters. The smallest absolute Gasteiger partial charge is 0.268 e. The average molecular weight is 958 g/mol. The number of quaternary nitrogens is 1. The summed E-state index contributed by atoms with van der Waals surface area (Å²) in [4.78, 5) is 25.5. The number of phosphoric ester groups is 1. The fourth-order valence-electron chi connectivity index (χ4n) is 9.22. The van der Waals surface area contributed by atoms with Crippen molar-refractivity contribution in [2.24, 2.45) is 0 Å². The predicted molar refractivity (Wildman–Crippen MR) is 284 cm³/mol. The molecular formula is C57H117N2O6P. The Morgan fingerprint density at radius 2 is 0.742 bits per heavy atom. The molecule has 396 valence electrons. The van der Waals surface area contributed by atoms with E-state index in [1.54, 1.807) is 0 Å². The predicted octanol–water partition coefficient (Wildman–Crippen LogP) is 17.0. The maximum atomic E-state index is 13.0. The minimum atomic E-state index is -4.57. The zero-order chi connectivity index (χ0) is 48.5. The summed E-state index contributed by atoms with van der Waals surface area (Å²) in [5.41, 5.74) is 0. The summed E-state index contributed by atoms with van der Waals surface area (Å²) in [6.45, 7) is 4.78. The van der Waals surface area contributed by atoms with E-state index >= 15 is 0 Å². The second-order valence-electron chi connectivity index (χ2n) is 21.7. The molecule has 0 aromatic heterocycles. The van der Waals surface area contributed by atoms with Gasteiger partial charge in [-0.25, -0.2) is 0 Å². The molecule has 2 N–H and O–H groups in total. The summed E-state index contributed by atoms with van der Waals surface area (Å²) in [5.74, 6) is -0.156. The fraction of sp³-hybridized carbons (Fsp3) is 0.982. The van der Waals surface area contributed by atoms with Crippen molar-refractivity contribution in [2.75, 3.05) is 40.9 Å². The van der Waals surface area contributed by atoms with E-state index < -0.39 is 20.0 Å². The Bertz CT molecular complexity index is 1040. The van der Waals surface area contributed by atoms with Crippen molar-refractivity contribution in [3.8, 4) is 0 Å². The fourth-order valence-corrected chi connectivity index (χ4v) is 9.94. The number of amides is 1. The number of rotatable bonds is 55. The van der Waals surface area contributed by atoms with Gasteiger partial charge in [0.2, 0.25) is 5.91 Å². The first-order valence-corrected chi connectivity index (χ1v) is 30.8. The number of likely N-dealkylation sites (N-methyl/N-ethyl adjacent to an activating group) is 1. The molecule has 1 amide bonds. The lowest BCUT2D eigenvalue weighted by atomic mass is 10.0. The van der Waals surface area contributed by atoms with E-state index in [0.29, 0.717) is 23.9 Å². The van der Waals surface area contributed by atoms with Crippen LogP contribution in [0.2, 0.25) is 0 Å². The summed E-state index contributed by atoms with van der Waals surface area (Å²) in [5, 5.41) is 14.0. The van der Waals surface area contributed by atoms with Gasteiger partial charge in [-0.15, -0.1) is 0 Å². The van der Waals surface area contributed by atoms with Crippen LogP contribution in [0.3, 0.4) is 0 Å². The first kappa shape index (κ1) is 65.5. The second kappa shape index (κ2) is 49.5. The Morgan fingerprint density at radius 3 is 1.03 bits per heavy atom. The molecule has 8 nitrogen and oxygen atoms in total. The molecule has 0 saturated heterocycles. The maximum Gasteiger partial charge on any atom is 0.268 e. The Kier molecular flexibility index (Phi) is 49.1. The van der Waals surface area contributed by atoms with Gasteiger partial charge in [-0.05, 0) is 12.8 Å². The van der Waals surface area contributed by atoms with Gasteiger partial charge in [0.25, 0.3) is 7.82 Å². The van der Waals surface area contributed by atoms with Crippen LogP contribution in [0.4, 0.5) is 0 Å². The standard InChI is InChI=1S/C57H117N2O6P/c1-6-8-10-12-14-16-18-20-22-24-26-28-30-32-34-36-38-40-42-44-46-48-50-56(60)55(54-65-66(62,63)64-53-52-59(3,4)5)58-57(61)51-49-47-45-43-41-39-37-35-33-31-29-27-25-23-21-19-17-15-13-11-9-7-2/h55-56,60H,6-54H2,1-5H3,(H-,58,61,62,63). The monoisotopic (exact) mass is 957 g/mol. The second-order valence-corrected chi connectivity index (χ2v) is 23.1. The molecule has 66 heavy (non-hydrogen) atoms. The number of phosphoric acid groups is 1. The summed E-state index contributed by atoms with van der Waals surface area (Å²) >= 11 is 0. The van der Waals surface area contributed by atoms with Gasteiger partial charge < -0.3 is 28.8 Å². The highest BCUT2D eigenvalue weighted by molar-refractivity contribution is 7.45. The molecule has 0 aliphatic rings. The third-order valence-corrected chi connectivity index (χ3v) is 14.8. The number of hydrogen-bond acceptors (Lipinski definition) is 6. The minimum Gasteiger partial charge on any atom is -0.756 e. The normalized spacial score (nSPS) is 13.9. The van der Waals surface area contributed by atoms with E-state index in [0.717, 1.165) is 38.5 Å². The maximum absolute atomic E-state index is 13.0. The van der Waals surface area contributed by atoms with Gasteiger partial charge >= 0.3 is 0 Å². The first-order valence-electron chi connectivity index (χ1n) is 29.4. The number of aliphatic hydroxyl groups excluding tert-OH is 1. The van der Waals surface area contributed by atoms with Crippen molar-refractivity contribution < 1.29 is 32.9 Å². The lowest BCUT2D eigenvalue weighted by Crippen LogP contribution is -2.46. The van der Waals surface area contributed by atoms with Crippen molar-refractivity contribution in [3.63, 3.8) is 0 Å². The van der Waals surface area contributed by atoms with Gasteiger partial charge in [0.1, 0.15) is 13.2 Å². The average Bonchev–Trinajstić information content (AvgIpc) is 3.28. The summed E-state index contributed by atoms with van der Waals surface area (Å²) in [7, 11) is 1.33. The highest BCUT2D eigenvalue weighted by atomic mass is 31.2. The summed E-state index contributed by atoms with van der Waals surface area (Å²) in [6, 6.07) is -0.795. The van der Waals surface area contributed by atoms with Gasteiger partial charge in [0.15, 0.2) is 0 Å². The van der Waals surface area contributed by atoms with Gasteiger partial charge in [0, 0.05) is 6.42 Å². The van der Waals surface area contributed by atoms with Gasteiger partial charge in [-0.3, -0.25) is 9.36 Å². The van der Waals surface area contributed by atoms with Crippen LogP contribution in [-0.4, -0.2) is 68.5 Å². The highest BCUT2D eigenvalue weighted by Gasteiger charge is 2.24. The molecule has 0 fully saturated rings. The van der Waals surface area contributed by atoms with Crippen LogP contribution >= 0.6 is 7.82 Å². The third-order valence-electron chi connectivity index (χ3n) is 13.8. The molecule has 0 aromatic carbocycles. The Morgan fingerprint density at radius 1 is 0.470 bits per heavy atom. The number of carbonyl (C=O) groups is 1. The molecule has 9 heteroatoms. The van der Waals surface area contributed by atoms with E-state index in [2.05, 4.69) is 19.2 Å². The van der Waals surface area contributed by atoms with Gasteiger partial charge in [-0.1, -0.05) is 290 Å². The van der Waals surface area contributed by atoms with Crippen LogP contribution in [0.1, 0.15) is 309 Å². The molecular weight excluding hydrogens is 840 g/mol. The number of nitrogens with one attached hydrogen (secondary N) is 1. The van der Waals surface area contributed by atoms with Crippen LogP contribution in [0, 0.1) is 0 Å². The van der Waals surface area contributed by atoms with Crippen molar-refractivity contribution in [3.05, 3.63) is 0 Å². The lowest BCUT2D eigenvalue weighted by molar-refractivity contribution is -0.870. The van der Waals surface area contributed by atoms with Gasteiger partial charge in [-0.2, -0.15) is 0 Å². The number of nitrogens with zero attached hydrogens (tertiary/aromatic N) is 1. The summed E-state index contributed by atoms with van der Waals surface area (Å²) < 4.78 is 23.4. The molecule has 0 bridgehead atoms. The highest BCUT2D eigenvalue weighted by Crippen LogP contribution is 2.38. The molecule has 0 saturated carbocycles. The molecule has 0 spiro atoms. The largest absolute Gasteiger partial charge is 0.756 e. The third kappa shape index (κ3) is 51.4. The quantitative estimate of drug-likeness (QED) is 0.0357. The van der Waals surface area contributed by atoms with Crippen molar-refractivity contribution >= 4 is 13.7 Å². The van der Waals surface area contributed by atoms with Crippen LogP contribution in [0.25, 0.3) is 0 Å². The van der Waals surface area contributed by atoms with Crippen molar-refractivity contribution in [1.82, 2.24) is 5.32 Å².